The monoisotopic (exact) mass is 402 g/mol. The first-order valence-electron chi connectivity index (χ1n) is 10.1. The lowest BCUT2D eigenvalue weighted by molar-refractivity contribution is 0.235. The number of para-hydroxylation sites is 1. The van der Waals surface area contributed by atoms with Crippen LogP contribution < -0.4 is 20.9 Å². The summed E-state index contributed by atoms with van der Waals surface area (Å²) in [4.78, 5) is 16.1. The van der Waals surface area contributed by atoms with Crippen LogP contribution in [0.15, 0.2) is 82.7 Å². The summed E-state index contributed by atoms with van der Waals surface area (Å²) in [6, 6.07) is 21.6. The van der Waals surface area contributed by atoms with Crippen molar-refractivity contribution < 1.29 is 4.74 Å². The van der Waals surface area contributed by atoms with Gasteiger partial charge in [0.15, 0.2) is 5.96 Å². The highest BCUT2D eigenvalue weighted by Crippen LogP contribution is 2.27. The third kappa shape index (κ3) is 4.89. The number of aromatic nitrogens is 1. The average Bonchev–Trinajstić information content (AvgIpc) is 3.19. The Morgan fingerprint density at radius 2 is 1.80 bits per heavy atom. The molecule has 0 fully saturated rings. The molecule has 6 heteroatoms. The number of pyridine rings is 1. The Bertz CT molecular complexity index is 1050. The Morgan fingerprint density at radius 1 is 1.03 bits per heavy atom. The summed E-state index contributed by atoms with van der Waals surface area (Å²) < 4.78 is 7.66. The number of rotatable bonds is 6. The second-order valence-corrected chi connectivity index (χ2v) is 7.34. The second-order valence-electron chi connectivity index (χ2n) is 7.34. The lowest BCUT2D eigenvalue weighted by Crippen LogP contribution is -2.41. The summed E-state index contributed by atoms with van der Waals surface area (Å²) in [6.07, 6.45) is 2.83. The van der Waals surface area contributed by atoms with E-state index in [0.717, 1.165) is 29.3 Å². The van der Waals surface area contributed by atoms with Crippen molar-refractivity contribution in [1.82, 2.24) is 15.2 Å². The van der Waals surface area contributed by atoms with Gasteiger partial charge >= 0.3 is 0 Å². The number of hydrogen-bond donors (Lipinski definition) is 2. The Hall–Kier alpha value is -3.54. The fourth-order valence-electron chi connectivity index (χ4n) is 3.54. The molecule has 3 aromatic rings. The molecule has 0 amide bonds. The zero-order valence-corrected chi connectivity index (χ0v) is 17.0. The first-order chi connectivity index (χ1) is 14.7. The molecule has 0 aliphatic carbocycles. The fourth-order valence-corrected chi connectivity index (χ4v) is 3.54. The van der Waals surface area contributed by atoms with Crippen LogP contribution >= 0.6 is 0 Å². The number of hydrogen-bond acceptors (Lipinski definition) is 3. The van der Waals surface area contributed by atoms with Gasteiger partial charge in [0, 0.05) is 32.3 Å². The van der Waals surface area contributed by atoms with Gasteiger partial charge in [0.1, 0.15) is 11.9 Å². The molecular formula is C24H26N4O2. The van der Waals surface area contributed by atoms with Gasteiger partial charge < -0.3 is 19.9 Å². The van der Waals surface area contributed by atoms with E-state index in [2.05, 4.69) is 46.0 Å². The van der Waals surface area contributed by atoms with E-state index in [-0.39, 0.29) is 11.7 Å². The SMILES string of the molecule is CN=C(NCc1ccc(Cn2ccccc2=O)cc1)NCC1Cc2ccccc2O1. The second kappa shape index (κ2) is 9.31. The molecule has 4 rings (SSSR count). The zero-order valence-electron chi connectivity index (χ0n) is 17.0. The predicted molar refractivity (Wildman–Crippen MR) is 119 cm³/mol. The molecule has 0 saturated carbocycles. The molecule has 6 nitrogen and oxygen atoms in total. The van der Waals surface area contributed by atoms with E-state index in [1.807, 2.05) is 24.3 Å². The molecule has 2 N–H and O–H groups in total. The van der Waals surface area contributed by atoms with E-state index in [9.17, 15) is 4.79 Å². The van der Waals surface area contributed by atoms with Crippen LogP contribution in [0, 0.1) is 0 Å². The van der Waals surface area contributed by atoms with Crippen LogP contribution in [-0.2, 0) is 19.5 Å². The van der Waals surface area contributed by atoms with E-state index in [0.29, 0.717) is 19.6 Å². The van der Waals surface area contributed by atoms with Crippen LogP contribution in [0.4, 0.5) is 0 Å². The number of nitrogens with zero attached hydrogens (tertiary/aromatic N) is 2. The minimum absolute atomic E-state index is 0.00690. The maximum Gasteiger partial charge on any atom is 0.250 e. The normalized spacial score (nSPS) is 15.4. The number of guanidine groups is 1. The van der Waals surface area contributed by atoms with Crippen LogP contribution in [0.3, 0.4) is 0 Å². The van der Waals surface area contributed by atoms with Crippen molar-refractivity contribution in [3.63, 3.8) is 0 Å². The highest BCUT2D eigenvalue weighted by molar-refractivity contribution is 5.79. The standard InChI is InChI=1S/C24H26N4O2/c1-25-24(27-16-21-14-20-6-2-3-7-22(20)30-21)26-15-18-9-11-19(12-10-18)17-28-13-5-4-8-23(28)29/h2-13,21H,14-17H2,1H3,(H2,25,26,27). The minimum atomic E-state index is 0.00690. The van der Waals surface area contributed by atoms with Gasteiger partial charge in [-0.2, -0.15) is 0 Å². The summed E-state index contributed by atoms with van der Waals surface area (Å²) >= 11 is 0. The molecule has 0 bridgehead atoms. The van der Waals surface area contributed by atoms with Crippen molar-refractivity contribution in [3.05, 3.63) is 100.0 Å². The first kappa shape index (κ1) is 19.8. The van der Waals surface area contributed by atoms with Gasteiger partial charge in [-0.25, -0.2) is 0 Å². The molecule has 0 spiro atoms. The Balaban J connectivity index is 1.25. The highest BCUT2D eigenvalue weighted by atomic mass is 16.5. The number of benzene rings is 2. The number of aliphatic imine (C=N–C) groups is 1. The molecule has 2 aromatic carbocycles. The van der Waals surface area contributed by atoms with E-state index in [1.165, 1.54) is 5.56 Å². The van der Waals surface area contributed by atoms with Crippen molar-refractivity contribution >= 4 is 5.96 Å². The van der Waals surface area contributed by atoms with Gasteiger partial charge in [-0.05, 0) is 28.8 Å². The molecular weight excluding hydrogens is 376 g/mol. The van der Waals surface area contributed by atoms with Crippen molar-refractivity contribution in [2.45, 2.75) is 25.6 Å². The van der Waals surface area contributed by atoms with Crippen LogP contribution in [0.5, 0.6) is 5.75 Å². The Morgan fingerprint density at radius 3 is 2.57 bits per heavy atom. The smallest absolute Gasteiger partial charge is 0.250 e. The van der Waals surface area contributed by atoms with E-state index >= 15 is 0 Å². The molecule has 30 heavy (non-hydrogen) atoms. The van der Waals surface area contributed by atoms with Crippen LogP contribution in [0.1, 0.15) is 16.7 Å². The summed E-state index contributed by atoms with van der Waals surface area (Å²) in [5.41, 5.74) is 3.50. The van der Waals surface area contributed by atoms with E-state index in [1.54, 1.807) is 29.9 Å². The van der Waals surface area contributed by atoms with E-state index < -0.39 is 0 Å². The maximum absolute atomic E-state index is 11.8. The Kier molecular flexibility index (Phi) is 6.13. The van der Waals surface area contributed by atoms with E-state index in [4.69, 9.17) is 4.74 Å². The largest absolute Gasteiger partial charge is 0.488 e. The maximum atomic E-state index is 11.8. The van der Waals surface area contributed by atoms with Crippen LogP contribution in [0.2, 0.25) is 0 Å². The van der Waals surface area contributed by atoms with Crippen molar-refractivity contribution in [1.29, 1.82) is 0 Å². The molecule has 2 heterocycles. The Labute approximate surface area is 176 Å². The molecule has 0 saturated heterocycles. The quantitative estimate of drug-likeness (QED) is 0.491. The minimum Gasteiger partial charge on any atom is -0.488 e. The first-order valence-corrected chi connectivity index (χ1v) is 10.1. The third-order valence-corrected chi connectivity index (χ3v) is 5.17. The zero-order chi connectivity index (χ0) is 20.8. The third-order valence-electron chi connectivity index (χ3n) is 5.17. The van der Waals surface area contributed by atoms with Gasteiger partial charge in [-0.1, -0.05) is 48.5 Å². The van der Waals surface area contributed by atoms with Crippen LogP contribution in [0.25, 0.3) is 0 Å². The molecule has 1 unspecified atom stereocenters. The topological polar surface area (TPSA) is 67.7 Å². The molecule has 1 aromatic heterocycles. The highest BCUT2D eigenvalue weighted by Gasteiger charge is 2.22. The summed E-state index contributed by atoms with van der Waals surface area (Å²) in [5, 5.41) is 6.68. The van der Waals surface area contributed by atoms with Gasteiger partial charge in [0.2, 0.25) is 0 Å². The van der Waals surface area contributed by atoms with Gasteiger partial charge in [-0.3, -0.25) is 9.79 Å². The van der Waals surface area contributed by atoms with Gasteiger partial charge in [-0.15, -0.1) is 0 Å². The summed E-state index contributed by atoms with van der Waals surface area (Å²) in [6.45, 7) is 1.93. The summed E-state index contributed by atoms with van der Waals surface area (Å²) in [5.74, 6) is 1.72. The fraction of sp³-hybridized carbons (Fsp3) is 0.250. The van der Waals surface area contributed by atoms with Crippen molar-refractivity contribution in [3.8, 4) is 5.75 Å². The van der Waals surface area contributed by atoms with Crippen molar-refractivity contribution in [2.75, 3.05) is 13.6 Å². The van der Waals surface area contributed by atoms with Crippen LogP contribution in [-0.4, -0.2) is 30.2 Å². The molecule has 0 radical (unpaired) electrons. The number of ether oxygens (including phenoxy) is 1. The molecule has 1 aliphatic rings. The number of nitrogens with one attached hydrogen (secondary N) is 2. The molecule has 1 atom stereocenters. The van der Waals surface area contributed by atoms with Gasteiger partial charge in [0.05, 0.1) is 13.1 Å². The summed E-state index contributed by atoms with van der Waals surface area (Å²) in [7, 11) is 1.76. The molecule has 1 aliphatic heterocycles. The lowest BCUT2D eigenvalue weighted by atomic mass is 10.1. The average molecular weight is 402 g/mol. The number of fused-ring (bicyclic) bond motifs is 1. The molecule has 154 valence electrons. The lowest BCUT2D eigenvalue weighted by Gasteiger charge is -2.16. The van der Waals surface area contributed by atoms with Crippen molar-refractivity contribution in [2.24, 2.45) is 4.99 Å². The predicted octanol–water partition coefficient (Wildman–Crippen LogP) is 2.57. The van der Waals surface area contributed by atoms with Gasteiger partial charge in [0.25, 0.3) is 5.56 Å².